The molecule has 1 atom stereocenters. The quantitative estimate of drug-likeness (QED) is 0.862. The first-order chi connectivity index (χ1) is 9.63. The minimum Gasteiger partial charge on any atom is -0.310 e. The van der Waals surface area contributed by atoms with Crippen LogP contribution < -0.4 is 5.32 Å². The fraction of sp³-hybridized carbons (Fsp3) is 0.400. The van der Waals surface area contributed by atoms with Gasteiger partial charge in [0, 0.05) is 17.8 Å². The molecule has 5 heteroatoms. The zero-order chi connectivity index (χ0) is 14.5. The second-order valence-corrected chi connectivity index (χ2v) is 5.55. The highest BCUT2D eigenvalue weighted by Gasteiger charge is 2.10. The molecule has 2 rings (SSSR count). The molecule has 0 bridgehead atoms. The summed E-state index contributed by atoms with van der Waals surface area (Å²) in [7, 11) is 0. The third-order valence-electron chi connectivity index (χ3n) is 3.24. The lowest BCUT2D eigenvalue weighted by atomic mass is 10.1. The van der Waals surface area contributed by atoms with Crippen LogP contribution in [-0.4, -0.2) is 16.3 Å². The van der Waals surface area contributed by atoms with Crippen LogP contribution in [-0.2, 0) is 6.54 Å². The molecule has 1 N–H and O–H groups in total. The first-order valence-electron chi connectivity index (χ1n) is 6.83. The number of benzene rings is 1. The molecule has 0 saturated carbocycles. The van der Waals surface area contributed by atoms with Gasteiger partial charge in [-0.2, -0.15) is 5.10 Å². The summed E-state index contributed by atoms with van der Waals surface area (Å²) in [6.07, 6.45) is 5.06. The molecule has 0 radical (unpaired) electrons. The highest BCUT2D eigenvalue weighted by atomic mass is 35.5. The molecule has 0 amide bonds. The van der Waals surface area contributed by atoms with Crippen LogP contribution in [0.4, 0.5) is 0 Å². The number of nitrogens with one attached hydrogen (secondary N) is 1. The normalized spacial score (nSPS) is 12.6. The fourth-order valence-electron chi connectivity index (χ4n) is 2.22. The third-order valence-corrected chi connectivity index (χ3v) is 3.98. The van der Waals surface area contributed by atoms with Gasteiger partial charge in [0.15, 0.2) is 0 Å². The van der Waals surface area contributed by atoms with Gasteiger partial charge in [-0.1, -0.05) is 43.1 Å². The van der Waals surface area contributed by atoms with E-state index in [0.29, 0.717) is 22.6 Å². The van der Waals surface area contributed by atoms with Crippen LogP contribution in [0.5, 0.6) is 0 Å². The Kier molecular flexibility index (Phi) is 5.46. The number of rotatable bonds is 6. The van der Waals surface area contributed by atoms with Gasteiger partial charge in [-0.05, 0) is 30.7 Å². The van der Waals surface area contributed by atoms with Crippen LogP contribution in [0.25, 0.3) is 0 Å². The van der Waals surface area contributed by atoms with E-state index in [4.69, 9.17) is 23.2 Å². The maximum Gasteiger partial charge on any atom is 0.0660 e. The monoisotopic (exact) mass is 311 g/mol. The van der Waals surface area contributed by atoms with E-state index in [2.05, 4.69) is 30.5 Å². The molecule has 1 unspecified atom stereocenters. The van der Waals surface area contributed by atoms with Crippen molar-refractivity contribution in [2.75, 3.05) is 6.54 Å². The Morgan fingerprint density at radius 1 is 1.25 bits per heavy atom. The first-order valence-corrected chi connectivity index (χ1v) is 7.59. The summed E-state index contributed by atoms with van der Waals surface area (Å²) in [6, 6.07) is 6.03. The van der Waals surface area contributed by atoms with Crippen molar-refractivity contribution in [3.8, 4) is 0 Å². The van der Waals surface area contributed by atoms with E-state index in [1.54, 1.807) is 0 Å². The number of nitrogens with zero attached hydrogens (tertiary/aromatic N) is 2. The van der Waals surface area contributed by atoms with Crippen LogP contribution in [0.15, 0.2) is 30.6 Å². The van der Waals surface area contributed by atoms with Gasteiger partial charge in [-0.3, -0.25) is 4.68 Å². The maximum absolute atomic E-state index is 6.03. The van der Waals surface area contributed by atoms with Crippen LogP contribution in [0.1, 0.15) is 37.4 Å². The molecule has 0 aliphatic carbocycles. The van der Waals surface area contributed by atoms with Crippen molar-refractivity contribution in [1.82, 2.24) is 15.1 Å². The van der Waals surface area contributed by atoms with Gasteiger partial charge in [-0.15, -0.1) is 0 Å². The number of aromatic nitrogens is 2. The van der Waals surface area contributed by atoms with Crippen molar-refractivity contribution in [1.29, 1.82) is 0 Å². The molecule has 1 heterocycles. The second kappa shape index (κ2) is 7.11. The fourth-order valence-corrected chi connectivity index (χ4v) is 2.54. The summed E-state index contributed by atoms with van der Waals surface area (Å²) >= 11 is 11.9. The van der Waals surface area contributed by atoms with Crippen molar-refractivity contribution in [2.24, 2.45) is 0 Å². The molecule has 20 heavy (non-hydrogen) atoms. The highest BCUT2D eigenvalue weighted by molar-refractivity contribution is 6.42. The SMILES string of the molecule is CCNC(CC)c1cnn(Cc2ccc(Cl)c(Cl)c2)c1. The molecular formula is C15H19Cl2N3. The lowest BCUT2D eigenvalue weighted by Gasteiger charge is -2.13. The minimum absolute atomic E-state index is 0.363. The van der Waals surface area contributed by atoms with E-state index in [0.717, 1.165) is 18.5 Å². The average molecular weight is 312 g/mol. The summed E-state index contributed by atoms with van der Waals surface area (Å²) in [5.41, 5.74) is 2.31. The van der Waals surface area contributed by atoms with Crippen LogP contribution in [0.2, 0.25) is 10.0 Å². The molecule has 0 aliphatic heterocycles. The molecule has 0 saturated heterocycles. The van der Waals surface area contributed by atoms with Gasteiger partial charge in [0.2, 0.25) is 0 Å². The lowest BCUT2D eigenvalue weighted by molar-refractivity contribution is 0.536. The summed E-state index contributed by atoms with van der Waals surface area (Å²) in [6.45, 7) is 5.93. The average Bonchev–Trinajstić information content (AvgIpc) is 2.88. The summed E-state index contributed by atoms with van der Waals surface area (Å²) in [4.78, 5) is 0. The van der Waals surface area contributed by atoms with Crippen LogP contribution in [0, 0.1) is 0 Å². The van der Waals surface area contributed by atoms with Crippen molar-refractivity contribution >= 4 is 23.2 Å². The zero-order valence-electron chi connectivity index (χ0n) is 11.7. The van der Waals surface area contributed by atoms with Gasteiger partial charge in [-0.25, -0.2) is 0 Å². The van der Waals surface area contributed by atoms with E-state index in [1.807, 2.05) is 29.1 Å². The van der Waals surface area contributed by atoms with Gasteiger partial charge < -0.3 is 5.32 Å². The summed E-state index contributed by atoms with van der Waals surface area (Å²) < 4.78 is 1.93. The minimum atomic E-state index is 0.363. The van der Waals surface area contributed by atoms with E-state index < -0.39 is 0 Å². The Hall–Kier alpha value is -1.03. The van der Waals surface area contributed by atoms with E-state index in [9.17, 15) is 0 Å². The predicted octanol–water partition coefficient (Wildman–Crippen LogP) is 4.30. The first kappa shape index (κ1) is 15.4. The molecule has 0 fully saturated rings. The maximum atomic E-state index is 6.03. The largest absolute Gasteiger partial charge is 0.310 e. The standard InChI is InChI=1S/C15H19Cl2N3/c1-3-15(18-4-2)12-8-19-20(10-12)9-11-5-6-13(16)14(17)7-11/h5-8,10,15,18H,3-4,9H2,1-2H3. The van der Waals surface area contributed by atoms with Gasteiger partial charge in [0.1, 0.15) is 0 Å². The van der Waals surface area contributed by atoms with Crippen molar-refractivity contribution in [3.05, 3.63) is 51.8 Å². The molecule has 0 aliphatic rings. The van der Waals surface area contributed by atoms with Gasteiger partial charge in [0.25, 0.3) is 0 Å². The van der Waals surface area contributed by atoms with E-state index >= 15 is 0 Å². The van der Waals surface area contributed by atoms with E-state index in [1.165, 1.54) is 5.56 Å². The molecule has 1 aromatic heterocycles. The molecule has 2 aromatic rings. The van der Waals surface area contributed by atoms with Crippen molar-refractivity contribution in [2.45, 2.75) is 32.9 Å². The Labute approximate surface area is 129 Å². The van der Waals surface area contributed by atoms with Crippen LogP contribution in [0.3, 0.4) is 0 Å². The molecule has 3 nitrogen and oxygen atoms in total. The molecular weight excluding hydrogens is 293 g/mol. The Morgan fingerprint density at radius 3 is 2.70 bits per heavy atom. The number of hydrogen-bond donors (Lipinski definition) is 1. The molecule has 108 valence electrons. The smallest absolute Gasteiger partial charge is 0.0660 e. The third kappa shape index (κ3) is 3.75. The van der Waals surface area contributed by atoms with Gasteiger partial charge >= 0.3 is 0 Å². The zero-order valence-corrected chi connectivity index (χ0v) is 13.2. The Bertz CT molecular complexity index is 566. The topological polar surface area (TPSA) is 29.9 Å². The van der Waals surface area contributed by atoms with Crippen LogP contribution >= 0.6 is 23.2 Å². The summed E-state index contributed by atoms with van der Waals surface area (Å²) in [5, 5.41) is 9.02. The number of hydrogen-bond acceptors (Lipinski definition) is 2. The number of halogens is 2. The second-order valence-electron chi connectivity index (χ2n) is 4.74. The van der Waals surface area contributed by atoms with E-state index in [-0.39, 0.29) is 0 Å². The van der Waals surface area contributed by atoms with Gasteiger partial charge in [0.05, 0.1) is 22.8 Å². The lowest BCUT2D eigenvalue weighted by Crippen LogP contribution is -2.19. The Morgan fingerprint density at radius 2 is 2.05 bits per heavy atom. The van der Waals surface area contributed by atoms with Crippen molar-refractivity contribution < 1.29 is 0 Å². The van der Waals surface area contributed by atoms with Crippen molar-refractivity contribution in [3.63, 3.8) is 0 Å². The molecule has 0 spiro atoms. The predicted molar refractivity (Wildman–Crippen MR) is 84.5 cm³/mol. The Balaban J connectivity index is 2.10. The highest BCUT2D eigenvalue weighted by Crippen LogP contribution is 2.23. The molecule has 1 aromatic carbocycles. The summed E-state index contributed by atoms with van der Waals surface area (Å²) in [5.74, 6) is 0.